The molecule has 0 bridgehead atoms. The van der Waals surface area contributed by atoms with Gasteiger partial charge < -0.3 is 0 Å². The van der Waals surface area contributed by atoms with Gasteiger partial charge in [-0.1, -0.05) is 0 Å². The molecule has 0 heterocycles. The Balaban J connectivity index is 3.60. The molecule has 0 spiro atoms. The summed E-state index contributed by atoms with van der Waals surface area (Å²) in [5.74, 6) is 0. The van der Waals surface area contributed by atoms with Crippen LogP contribution in [0.1, 0.15) is 6.92 Å². The molecule has 3 heteroatoms. The van der Waals surface area contributed by atoms with Gasteiger partial charge in [0.15, 0.2) is 0 Å². The van der Waals surface area contributed by atoms with Crippen molar-refractivity contribution in [2.45, 2.75) is 11.8 Å². The molecule has 1 nitrogen and oxygen atoms in total. The van der Waals surface area contributed by atoms with Gasteiger partial charge >= 0.3 is 63.3 Å². The number of hydrogen-bond donors (Lipinski definition) is 0. The Hall–Kier alpha value is 0.605. The molecule has 0 aromatic rings. The molecule has 8 heavy (non-hydrogen) atoms. The molecular formula is C5H11Al2N. The maximum atomic E-state index is 3.88. The molecule has 0 aliphatic heterocycles. The predicted octanol–water partition coefficient (Wildman–Crippen LogP) is -0.548. The van der Waals surface area contributed by atoms with E-state index in [0.717, 1.165) is 0 Å². The number of nitrogens with zero attached hydrogens (tertiary/aromatic N) is 1. The van der Waals surface area contributed by atoms with Crippen molar-refractivity contribution < 1.29 is 0 Å². The molecule has 0 saturated carbocycles. The molecule has 0 saturated heterocycles. The summed E-state index contributed by atoms with van der Waals surface area (Å²) in [6.45, 7) is 2.21. The van der Waals surface area contributed by atoms with Crippen molar-refractivity contribution in [3.8, 4) is 0 Å². The molecule has 0 amide bonds. The second kappa shape index (κ2) is 4.48. The Labute approximate surface area is 63.4 Å². The van der Waals surface area contributed by atoms with E-state index in [1.165, 1.54) is 0 Å². The van der Waals surface area contributed by atoms with Crippen molar-refractivity contribution in [2.24, 2.45) is 0 Å². The van der Waals surface area contributed by atoms with Crippen LogP contribution in [0.4, 0.5) is 0 Å². The molecule has 0 N–H and O–H groups in total. The number of hydrogen-bond acceptors (Lipinski definition) is 1. The standard InChI is InChI=1S/C3H7N.2CH2.2Al/c1-3-4-2;;;;/h3H,1-2H3;2*1H2;;/q-1;;;;+1. The molecule has 1 atom stereocenters. The van der Waals surface area contributed by atoms with Gasteiger partial charge in [0.25, 0.3) is 0 Å². The van der Waals surface area contributed by atoms with Gasteiger partial charge in [0, 0.05) is 0 Å². The van der Waals surface area contributed by atoms with Gasteiger partial charge in [-0.15, -0.1) is 0 Å². The summed E-state index contributed by atoms with van der Waals surface area (Å²) in [7, 11) is 2.12. The summed E-state index contributed by atoms with van der Waals surface area (Å²) < 4.78 is 2.29. The van der Waals surface area contributed by atoms with Crippen molar-refractivity contribution in [3.05, 3.63) is 0 Å². The van der Waals surface area contributed by atoms with Gasteiger partial charge in [0.05, 0.1) is 0 Å². The summed E-state index contributed by atoms with van der Waals surface area (Å²) in [4.78, 5) is 0.697. The first-order valence-electron chi connectivity index (χ1n) is 2.69. The topological polar surface area (TPSA) is 3.24 Å². The zero-order chi connectivity index (χ0) is 6.57. The molecule has 0 aromatic carbocycles. The minimum absolute atomic E-state index is 0.263. The molecule has 0 aromatic heterocycles. The van der Waals surface area contributed by atoms with Crippen molar-refractivity contribution >= 4 is 40.6 Å². The van der Waals surface area contributed by atoms with Crippen LogP contribution < -0.4 is 0 Å². The third kappa shape index (κ3) is 2.80. The molecular weight excluding hydrogens is 128 g/mol. The van der Waals surface area contributed by atoms with E-state index in [1.54, 1.807) is 0 Å². The molecule has 0 fully saturated rings. The van der Waals surface area contributed by atoms with Gasteiger partial charge in [-0.3, -0.25) is 0 Å². The van der Waals surface area contributed by atoms with Crippen LogP contribution in [0.15, 0.2) is 0 Å². The average molecular weight is 139 g/mol. The Morgan fingerprint density at radius 1 is 1.50 bits per heavy atom. The Bertz CT molecular complexity index is 80.4. The second-order valence-electron chi connectivity index (χ2n) is 1.82. The van der Waals surface area contributed by atoms with Gasteiger partial charge in [0.2, 0.25) is 0 Å². The second-order valence-corrected chi connectivity index (χ2v) is 4.44. The minimum atomic E-state index is 0.263. The van der Waals surface area contributed by atoms with Gasteiger partial charge in [-0.2, -0.15) is 0 Å². The first-order valence-corrected chi connectivity index (χ1v) is 5.51. The summed E-state index contributed by atoms with van der Waals surface area (Å²) in [5.41, 5.74) is 0. The van der Waals surface area contributed by atoms with Crippen LogP contribution in [-0.4, -0.2) is 56.4 Å². The summed E-state index contributed by atoms with van der Waals surface area (Å²) in [6, 6.07) is 0. The van der Waals surface area contributed by atoms with Crippen LogP contribution in [0.25, 0.3) is 0 Å². The quantitative estimate of drug-likeness (QED) is 0.474. The zero-order valence-electron chi connectivity index (χ0n) is 5.59. The van der Waals surface area contributed by atoms with Crippen molar-refractivity contribution in [2.75, 3.05) is 7.05 Å². The van der Waals surface area contributed by atoms with Crippen LogP contribution in [0, 0.1) is 0 Å². The number of rotatable bonds is 3. The SMILES string of the molecule is [CH2]=[Al][CH](C)[N](C)[Al]=[CH2]. The van der Waals surface area contributed by atoms with E-state index in [-0.39, 0.29) is 15.0 Å². The zero-order valence-corrected chi connectivity index (χ0v) is 7.90. The fourth-order valence-electron chi connectivity index (χ4n) is 0.333. The van der Waals surface area contributed by atoms with E-state index in [0.29, 0.717) is 19.7 Å². The first kappa shape index (κ1) is 8.60. The van der Waals surface area contributed by atoms with Crippen molar-refractivity contribution in [1.82, 2.24) is 3.88 Å². The van der Waals surface area contributed by atoms with Crippen LogP contribution in [0.5, 0.6) is 0 Å². The molecule has 0 aliphatic rings. The molecule has 0 rings (SSSR count). The van der Waals surface area contributed by atoms with Crippen LogP contribution in [0.2, 0.25) is 0 Å². The van der Waals surface area contributed by atoms with Gasteiger partial charge in [-0.25, -0.2) is 0 Å². The van der Waals surface area contributed by atoms with Crippen LogP contribution >= 0.6 is 0 Å². The Morgan fingerprint density at radius 2 is 2.00 bits per heavy atom. The van der Waals surface area contributed by atoms with Gasteiger partial charge in [0.1, 0.15) is 0 Å². The molecule has 0 radical (unpaired) electrons. The third-order valence-corrected chi connectivity index (χ3v) is 3.81. The first-order chi connectivity index (χ1) is 3.72. The summed E-state index contributed by atoms with van der Waals surface area (Å²) in [5, 5.41) is 7.73. The predicted molar refractivity (Wildman–Crippen MR) is 43.0 cm³/mol. The van der Waals surface area contributed by atoms with Crippen molar-refractivity contribution in [1.29, 1.82) is 0 Å². The Morgan fingerprint density at radius 3 is 2.12 bits per heavy atom. The van der Waals surface area contributed by atoms with E-state index in [4.69, 9.17) is 0 Å². The van der Waals surface area contributed by atoms with E-state index < -0.39 is 0 Å². The van der Waals surface area contributed by atoms with E-state index >= 15 is 0 Å². The maximum absolute atomic E-state index is 3.88. The summed E-state index contributed by atoms with van der Waals surface area (Å²) >= 11 is 0.620. The molecule has 0 aliphatic carbocycles. The Kier molecular flexibility index (Phi) is 4.82. The van der Waals surface area contributed by atoms with Crippen LogP contribution in [0.3, 0.4) is 0 Å². The van der Waals surface area contributed by atoms with E-state index in [1.807, 2.05) is 0 Å². The van der Waals surface area contributed by atoms with E-state index in [2.05, 4.69) is 28.6 Å². The van der Waals surface area contributed by atoms with Gasteiger partial charge in [-0.05, 0) is 0 Å². The molecule has 42 valence electrons. The third-order valence-electron chi connectivity index (χ3n) is 1.27. The average Bonchev–Trinajstić information content (AvgIpc) is 1.84. The fourth-order valence-corrected chi connectivity index (χ4v) is 1.73. The fraction of sp³-hybridized carbons (Fsp3) is 0.600. The normalized spacial score (nSPS) is 11.2. The van der Waals surface area contributed by atoms with Crippen molar-refractivity contribution in [3.63, 3.8) is 0 Å². The molecule has 1 unspecified atom stereocenters. The monoisotopic (exact) mass is 139 g/mol. The van der Waals surface area contributed by atoms with E-state index in [9.17, 15) is 0 Å². The van der Waals surface area contributed by atoms with Crippen LogP contribution in [-0.2, 0) is 0 Å². The summed E-state index contributed by atoms with van der Waals surface area (Å²) in [6.07, 6.45) is 0.